The van der Waals surface area contributed by atoms with E-state index < -0.39 is 6.09 Å². The molecule has 2 amide bonds. The first-order valence-electron chi connectivity index (χ1n) is 5.03. The predicted octanol–water partition coefficient (Wildman–Crippen LogP) is 0.991. The zero-order valence-corrected chi connectivity index (χ0v) is 8.62. The van der Waals surface area contributed by atoms with Crippen LogP contribution in [-0.2, 0) is 17.6 Å². The molecule has 0 saturated heterocycles. The molecule has 0 radical (unpaired) electrons. The fourth-order valence-corrected chi connectivity index (χ4v) is 1.75. The van der Waals surface area contributed by atoms with Gasteiger partial charge in [0.1, 0.15) is 0 Å². The number of carboxylic acid groups (broad SMARTS) is 1. The summed E-state index contributed by atoms with van der Waals surface area (Å²) in [5.41, 5.74) is 2.88. The Morgan fingerprint density at radius 3 is 3.06 bits per heavy atom. The second kappa shape index (κ2) is 4.22. The van der Waals surface area contributed by atoms with E-state index in [-0.39, 0.29) is 5.91 Å². The molecule has 1 aliphatic heterocycles. The van der Waals surface area contributed by atoms with Crippen LogP contribution in [0.2, 0.25) is 0 Å². The largest absolute Gasteiger partial charge is 0.465 e. The van der Waals surface area contributed by atoms with Crippen molar-refractivity contribution < 1.29 is 14.7 Å². The van der Waals surface area contributed by atoms with E-state index in [4.69, 9.17) is 5.11 Å². The van der Waals surface area contributed by atoms with Gasteiger partial charge in [-0.1, -0.05) is 12.1 Å². The average Bonchev–Trinajstić information content (AvgIpc) is 2.56. The Labute approximate surface area is 92.5 Å². The first-order valence-corrected chi connectivity index (χ1v) is 5.03. The Kier molecular flexibility index (Phi) is 2.76. The Morgan fingerprint density at radius 1 is 1.50 bits per heavy atom. The van der Waals surface area contributed by atoms with E-state index in [1.807, 2.05) is 18.2 Å². The van der Waals surface area contributed by atoms with E-state index in [0.29, 0.717) is 19.4 Å². The monoisotopic (exact) mass is 220 g/mol. The summed E-state index contributed by atoms with van der Waals surface area (Å²) in [6, 6.07) is 5.70. The number of anilines is 1. The SMILES string of the molecule is O=C(O)NCCc1ccc2c(c1)CC(=O)N2. The van der Waals surface area contributed by atoms with E-state index >= 15 is 0 Å². The van der Waals surface area contributed by atoms with E-state index in [1.165, 1.54) is 0 Å². The van der Waals surface area contributed by atoms with Gasteiger partial charge in [0.05, 0.1) is 6.42 Å². The van der Waals surface area contributed by atoms with Crippen LogP contribution < -0.4 is 10.6 Å². The molecule has 0 aromatic heterocycles. The highest BCUT2D eigenvalue weighted by molar-refractivity contribution is 5.99. The molecule has 0 fully saturated rings. The van der Waals surface area contributed by atoms with Crippen molar-refractivity contribution in [2.24, 2.45) is 0 Å². The van der Waals surface area contributed by atoms with Crippen LogP contribution in [0.1, 0.15) is 11.1 Å². The van der Waals surface area contributed by atoms with E-state index in [0.717, 1.165) is 16.8 Å². The average molecular weight is 220 g/mol. The quantitative estimate of drug-likeness (QED) is 0.710. The molecule has 0 spiro atoms. The Bertz CT molecular complexity index is 443. The van der Waals surface area contributed by atoms with Gasteiger partial charge in [-0.05, 0) is 23.6 Å². The van der Waals surface area contributed by atoms with Crippen molar-refractivity contribution in [3.05, 3.63) is 29.3 Å². The molecule has 5 heteroatoms. The molecule has 1 aromatic rings. The van der Waals surface area contributed by atoms with Crippen molar-refractivity contribution in [2.45, 2.75) is 12.8 Å². The van der Waals surface area contributed by atoms with Crippen molar-refractivity contribution in [3.8, 4) is 0 Å². The van der Waals surface area contributed by atoms with Gasteiger partial charge >= 0.3 is 6.09 Å². The van der Waals surface area contributed by atoms with Crippen LogP contribution in [0.25, 0.3) is 0 Å². The highest BCUT2D eigenvalue weighted by Gasteiger charge is 2.17. The molecule has 0 aliphatic carbocycles. The summed E-state index contributed by atoms with van der Waals surface area (Å²) < 4.78 is 0. The Hall–Kier alpha value is -2.04. The van der Waals surface area contributed by atoms with E-state index in [2.05, 4.69) is 10.6 Å². The zero-order chi connectivity index (χ0) is 11.5. The van der Waals surface area contributed by atoms with Crippen LogP contribution in [0.5, 0.6) is 0 Å². The predicted molar refractivity (Wildman–Crippen MR) is 58.5 cm³/mol. The Balaban J connectivity index is 1.99. The minimum atomic E-state index is -1.02. The van der Waals surface area contributed by atoms with Crippen LogP contribution >= 0.6 is 0 Å². The van der Waals surface area contributed by atoms with Gasteiger partial charge < -0.3 is 15.7 Å². The van der Waals surface area contributed by atoms with Gasteiger partial charge in [-0.3, -0.25) is 4.79 Å². The minimum Gasteiger partial charge on any atom is -0.465 e. The Morgan fingerprint density at radius 2 is 2.31 bits per heavy atom. The van der Waals surface area contributed by atoms with Crippen LogP contribution in [-0.4, -0.2) is 23.7 Å². The minimum absolute atomic E-state index is 0.0100. The zero-order valence-electron chi connectivity index (χ0n) is 8.62. The van der Waals surface area contributed by atoms with Crippen molar-refractivity contribution in [1.82, 2.24) is 5.32 Å². The first-order chi connectivity index (χ1) is 7.65. The van der Waals surface area contributed by atoms with Gasteiger partial charge in [0.25, 0.3) is 0 Å². The molecule has 0 unspecified atom stereocenters. The van der Waals surface area contributed by atoms with Crippen molar-refractivity contribution in [3.63, 3.8) is 0 Å². The van der Waals surface area contributed by atoms with Gasteiger partial charge in [-0.15, -0.1) is 0 Å². The summed E-state index contributed by atoms with van der Waals surface area (Å²) >= 11 is 0. The fraction of sp³-hybridized carbons (Fsp3) is 0.273. The van der Waals surface area contributed by atoms with Crippen molar-refractivity contribution >= 4 is 17.7 Å². The second-order valence-corrected chi connectivity index (χ2v) is 3.70. The van der Waals surface area contributed by atoms with E-state index in [1.54, 1.807) is 0 Å². The molecular formula is C11H12N2O3. The number of nitrogens with one attached hydrogen (secondary N) is 2. The van der Waals surface area contributed by atoms with Gasteiger partial charge in [-0.2, -0.15) is 0 Å². The lowest BCUT2D eigenvalue weighted by Crippen LogP contribution is -2.23. The topological polar surface area (TPSA) is 78.4 Å². The number of carbonyl (C=O) groups excluding carboxylic acids is 1. The molecule has 3 N–H and O–H groups in total. The maximum atomic E-state index is 11.1. The lowest BCUT2D eigenvalue weighted by Gasteiger charge is -2.04. The summed E-state index contributed by atoms with van der Waals surface area (Å²) in [5.74, 6) is 0.0100. The van der Waals surface area contributed by atoms with E-state index in [9.17, 15) is 9.59 Å². The lowest BCUT2D eigenvalue weighted by atomic mass is 10.1. The van der Waals surface area contributed by atoms with Crippen LogP contribution in [0, 0.1) is 0 Å². The third-order valence-electron chi connectivity index (χ3n) is 2.48. The lowest BCUT2D eigenvalue weighted by molar-refractivity contribution is -0.115. The third-order valence-corrected chi connectivity index (χ3v) is 2.48. The van der Waals surface area contributed by atoms with Crippen LogP contribution in [0.15, 0.2) is 18.2 Å². The standard InChI is InChI=1S/C11H12N2O3/c14-10-6-8-5-7(1-2-9(8)13-10)3-4-12-11(15)16/h1-2,5,12H,3-4,6H2,(H,13,14)(H,15,16). The molecule has 1 aromatic carbocycles. The third kappa shape index (κ3) is 2.31. The molecule has 2 rings (SSSR count). The number of benzene rings is 1. The molecule has 16 heavy (non-hydrogen) atoms. The number of fused-ring (bicyclic) bond motifs is 1. The van der Waals surface area contributed by atoms with Crippen molar-refractivity contribution in [2.75, 3.05) is 11.9 Å². The molecular weight excluding hydrogens is 208 g/mol. The molecule has 0 saturated carbocycles. The smallest absolute Gasteiger partial charge is 0.404 e. The number of hydrogen-bond donors (Lipinski definition) is 3. The van der Waals surface area contributed by atoms with Gasteiger partial charge in [0.2, 0.25) is 5.91 Å². The maximum absolute atomic E-state index is 11.1. The molecule has 1 heterocycles. The summed E-state index contributed by atoms with van der Waals surface area (Å²) in [5, 5.41) is 13.5. The van der Waals surface area contributed by atoms with Crippen LogP contribution in [0.4, 0.5) is 10.5 Å². The summed E-state index contributed by atoms with van der Waals surface area (Å²) in [6.07, 6.45) is 0.0292. The number of rotatable bonds is 3. The fourth-order valence-electron chi connectivity index (χ4n) is 1.75. The highest BCUT2D eigenvalue weighted by atomic mass is 16.4. The molecule has 1 aliphatic rings. The number of hydrogen-bond acceptors (Lipinski definition) is 2. The summed E-state index contributed by atoms with van der Waals surface area (Å²) in [6.45, 7) is 0.384. The second-order valence-electron chi connectivity index (χ2n) is 3.70. The van der Waals surface area contributed by atoms with Gasteiger partial charge in [0, 0.05) is 12.2 Å². The maximum Gasteiger partial charge on any atom is 0.404 e. The summed E-state index contributed by atoms with van der Waals surface area (Å²) in [7, 11) is 0. The van der Waals surface area contributed by atoms with Crippen molar-refractivity contribution in [1.29, 1.82) is 0 Å². The summed E-state index contributed by atoms with van der Waals surface area (Å²) in [4.78, 5) is 21.4. The molecule has 84 valence electrons. The molecule has 0 bridgehead atoms. The first kappa shape index (κ1) is 10.5. The van der Waals surface area contributed by atoms with Gasteiger partial charge in [-0.25, -0.2) is 4.79 Å². The molecule has 0 atom stereocenters. The number of amides is 2. The number of carbonyl (C=O) groups is 2. The highest BCUT2D eigenvalue weighted by Crippen LogP contribution is 2.23. The molecule has 5 nitrogen and oxygen atoms in total. The van der Waals surface area contributed by atoms with Gasteiger partial charge in [0.15, 0.2) is 0 Å². The normalized spacial score (nSPS) is 13.1. The van der Waals surface area contributed by atoms with Crippen LogP contribution in [0.3, 0.4) is 0 Å².